The van der Waals surface area contributed by atoms with Crippen molar-refractivity contribution < 1.29 is 9.53 Å². The minimum atomic E-state index is -0.944. The van der Waals surface area contributed by atoms with E-state index in [1.807, 2.05) is 31.2 Å². The van der Waals surface area contributed by atoms with Crippen LogP contribution in [-0.2, 0) is 4.79 Å². The first kappa shape index (κ1) is 18.9. The molecule has 2 aromatic rings. The number of ether oxygens (including phenoxy) is 1. The highest BCUT2D eigenvalue weighted by molar-refractivity contribution is 5.96. The zero-order chi connectivity index (χ0) is 16.2. The van der Waals surface area contributed by atoms with Crippen LogP contribution in [0.25, 0.3) is 11.4 Å². The number of halogens is 1. The lowest BCUT2D eigenvalue weighted by Crippen LogP contribution is -2.48. The Hall–Kier alpha value is -2.12. The number of carbonyl (C=O) groups is 1. The van der Waals surface area contributed by atoms with Gasteiger partial charge in [0.05, 0.1) is 18.2 Å². The van der Waals surface area contributed by atoms with Crippen LogP contribution in [0.2, 0.25) is 0 Å². The van der Waals surface area contributed by atoms with E-state index in [1.165, 1.54) is 0 Å². The molecule has 1 aromatic heterocycles. The van der Waals surface area contributed by atoms with Crippen LogP contribution in [0.3, 0.4) is 0 Å². The van der Waals surface area contributed by atoms with Crippen molar-refractivity contribution in [2.24, 2.45) is 5.73 Å². The van der Waals surface area contributed by atoms with Gasteiger partial charge in [-0.05, 0) is 25.5 Å². The van der Waals surface area contributed by atoms with Gasteiger partial charge in [-0.3, -0.25) is 15.2 Å². The molecule has 0 aliphatic carbocycles. The second-order valence-electron chi connectivity index (χ2n) is 5.33. The van der Waals surface area contributed by atoms with Crippen LogP contribution in [0, 0.1) is 0 Å². The Kier molecular flexibility index (Phi) is 6.53. The number of nitrogens with one attached hydrogen (secondary N) is 2. The molecule has 1 aromatic carbocycles. The van der Waals surface area contributed by atoms with Crippen molar-refractivity contribution in [3.63, 3.8) is 0 Å². The smallest absolute Gasteiger partial charge is 0.249 e. The summed E-state index contributed by atoms with van der Waals surface area (Å²) in [7, 11) is 1.59. The van der Waals surface area contributed by atoms with Crippen LogP contribution >= 0.6 is 12.4 Å². The van der Waals surface area contributed by atoms with Crippen molar-refractivity contribution in [1.29, 1.82) is 0 Å². The maximum absolute atomic E-state index is 12.1. The lowest BCUT2D eigenvalue weighted by atomic mass is 9.97. The summed E-state index contributed by atoms with van der Waals surface area (Å²) < 4.78 is 5.28. The van der Waals surface area contributed by atoms with Crippen LogP contribution in [0.4, 0.5) is 5.95 Å². The Labute approximate surface area is 141 Å². The topological polar surface area (TPSA) is 106 Å². The molecule has 2 rings (SSSR count). The molecule has 1 heterocycles. The van der Waals surface area contributed by atoms with Gasteiger partial charge in [0.25, 0.3) is 0 Å². The summed E-state index contributed by atoms with van der Waals surface area (Å²) in [6.07, 6.45) is 1.41. The minimum absolute atomic E-state index is 0. The fraction of sp³-hybridized carbons (Fsp3) is 0.400. The van der Waals surface area contributed by atoms with E-state index in [0.717, 1.165) is 12.0 Å². The number of nitrogens with two attached hydrogens (primary N) is 1. The number of aromatic nitrogens is 3. The SMILES string of the molecule is CCCC(C)(N)C(=O)Nc1n[nH]c(-c2ccccc2OC)n1.Cl. The first-order valence-corrected chi connectivity index (χ1v) is 7.14. The van der Waals surface area contributed by atoms with Crippen molar-refractivity contribution in [2.75, 3.05) is 12.4 Å². The van der Waals surface area contributed by atoms with E-state index in [0.29, 0.717) is 18.0 Å². The van der Waals surface area contributed by atoms with Crippen LogP contribution in [0.15, 0.2) is 24.3 Å². The zero-order valence-corrected chi connectivity index (χ0v) is 14.2. The number of methoxy groups -OCH3 is 1. The first-order chi connectivity index (χ1) is 10.5. The van der Waals surface area contributed by atoms with Gasteiger partial charge in [0.1, 0.15) is 5.75 Å². The Balaban J connectivity index is 0.00000264. The molecule has 126 valence electrons. The largest absolute Gasteiger partial charge is 0.496 e. The molecule has 0 saturated carbocycles. The highest BCUT2D eigenvalue weighted by Gasteiger charge is 2.28. The third-order valence-electron chi connectivity index (χ3n) is 3.36. The molecule has 8 heteroatoms. The highest BCUT2D eigenvalue weighted by Crippen LogP contribution is 2.27. The molecule has 1 amide bonds. The van der Waals surface area contributed by atoms with Crippen LogP contribution in [0.5, 0.6) is 5.75 Å². The molecule has 0 radical (unpaired) electrons. The van der Waals surface area contributed by atoms with Gasteiger partial charge < -0.3 is 10.5 Å². The monoisotopic (exact) mass is 339 g/mol. The number of carbonyl (C=O) groups excluding carboxylic acids is 1. The Morgan fingerprint density at radius 3 is 2.78 bits per heavy atom. The van der Waals surface area contributed by atoms with E-state index in [-0.39, 0.29) is 24.3 Å². The maximum atomic E-state index is 12.1. The van der Waals surface area contributed by atoms with Crippen molar-refractivity contribution in [2.45, 2.75) is 32.2 Å². The number of hydrogen-bond acceptors (Lipinski definition) is 5. The molecular weight excluding hydrogens is 318 g/mol. The molecule has 0 saturated heterocycles. The average Bonchev–Trinajstić information content (AvgIpc) is 2.95. The van der Waals surface area contributed by atoms with Gasteiger partial charge in [-0.15, -0.1) is 17.5 Å². The second kappa shape index (κ2) is 7.94. The highest BCUT2D eigenvalue weighted by atomic mass is 35.5. The molecule has 1 unspecified atom stereocenters. The molecule has 0 bridgehead atoms. The van der Waals surface area contributed by atoms with Gasteiger partial charge in [-0.2, -0.15) is 4.98 Å². The third kappa shape index (κ3) is 4.43. The molecular formula is C15H22ClN5O2. The fourth-order valence-electron chi connectivity index (χ4n) is 2.16. The number of H-pyrrole nitrogens is 1. The van der Waals surface area contributed by atoms with E-state index >= 15 is 0 Å². The number of amides is 1. The molecule has 4 N–H and O–H groups in total. The molecule has 23 heavy (non-hydrogen) atoms. The van der Waals surface area contributed by atoms with E-state index in [2.05, 4.69) is 20.5 Å². The third-order valence-corrected chi connectivity index (χ3v) is 3.36. The van der Waals surface area contributed by atoms with E-state index in [4.69, 9.17) is 10.5 Å². The van der Waals surface area contributed by atoms with Gasteiger partial charge in [0, 0.05) is 0 Å². The van der Waals surface area contributed by atoms with E-state index in [9.17, 15) is 4.79 Å². The van der Waals surface area contributed by atoms with Gasteiger partial charge in [-0.1, -0.05) is 25.5 Å². The lowest BCUT2D eigenvalue weighted by Gasteiger charge is -2.21. The number of hydrogen-bond donors (Lipinski definition) is 3. The minimum Gasteiger partial charge on any atom is -0.496 e. The zero-order valence-electron chi connectivity index (χ0n) is 13.4. The Morgan fingerprint density at radius 2 is 2.13 bits per heavy atom. The number of anilines is 1. The van der Waals surface area contributed by atoms with Gasteiger partial charge in [0.2, 0.25) is 11.9 Å². The summed E-state index contributed by atoms with van der Waals surface area (Å²) in [5.74, 6) is 1.08. The van der Waals surface area contributed by atoms with Crippen molar-refractivity contribution in [3.8, 4) is 17.1 Å². The summed E-state index contributed by atoms with van der Waals surface area (Å²) in [6.45, 7) is 3.67. The van der Waals surface area contributed by atoms with E-state index < -0.39 is 5.54 Å². The predicted molar refractivity (Wildman–Crippen MR) is 91.7 cm³/mol. The normalized spacial score (nSPS) is 12.9. The quantitative estimate of drug-likeness (QED) is 0.749. The first-order valence-electron chi connectivity index (χ1n) is 7.14. The maximum Gasteiger partial charge on any atom is 0.249 e. The summed E-state index contributed by atoms with van der Waals surface area (Å²) in [5.41, 5.74) is 5.81. The Morgan fingerprint density at radius 1 is 1.43 bits per heavy atom. The van der Waals surface area contributed by atoms with Gasteiger partial charge in [0.15, 0.2) is 5.82 Å². The van der Waals surface area contributed by atoms with Crippen molar-refractivity contribution in [1.82, 2.24) is 15.2 Å². The fourth-order valence-corrected chi connectivity index (χ4v) is 2.16. The number of aromatic amines is 1. The molecule has 0 aliphatic rings. The Bertz CT molecular complexity index is 657. The molecule has 0 fully saturated rings. The standard InChI is InChI=1S/C15H21N5O2.ClH/c1-4-9-15(2,16)13(21)18-14-17-12(19-20-14)10-7-5-6-8-11(10)22-3;/h5-8H,4,9,16H2,1-3H3,(H2,17,18,19,20,21);1H. The van der Waals surface area contributed by atoms with Gasteiger partial charge in [-0.25, -0.2) is 0 Å². The van der Waals surface area contributed by atoms with E-state index in [1.54, 1.807) is 14.0 Å². The molecule has 7 nitrogen and oxygen atoms in total. The number of para-hydroxylation sites is 1. The molecule has 0 spiro atoms. The summed E-state index contributed by atoms with van der Waals surface area (Å²) in [5, 5.41) is 9.43. The summed E-state index contributed by atoms with van der Waals surface area (Å²) >= 11 is 0. The van der Waals surface area contributed by atoms with Crippen LogP contribution in [-0.4, -0.2) is 33.7 Å². The second-order valence-corrected chi connectivity index (χ2v) is 5.33. The number of rotatable bonds is 6. The molecule has 0 aliphatic heterocycles. The van der Waals surface area contributed by atoms with Crippen LogP contribution < -0.4 is 15.8 Å². The van der Waals surface area contributed by atoms with Gasteiger partial charge >= 0.3 is 0 Å². The summed E-state index contributed by atoms with van der Waals surface area (Å²) in [6, 6.07) is 7.42. The lowest BCUT2D eigenvalue weighted by molar-refractivity contribution is -0.120. The van der Waals surface area contributed by atoms with Crippen molar-refractivity contribution in [3.05, 3.63) is 24.3 Å². The van der Waals surface area contributed by atoms with Crippen LogP contribution in [0.1, 0.15) is 26.7 Å². The predicted octanol–water partition coefficient (Wildman–Crippen LogP) is 2.36. The number of nitrogens with zero attached hydrogens (tertiary/aromatic N) is 2. The average molecular weight is 340 g/mol. The summed E-state index contributed by atoms with van der Waals surface area (Å²) in [4.78, 5) is 16.4. The van der Waals surface area contributed by atoms with Crippen molar-refractivity contribution >= 4 is 24.3 Å². The molecule has 1 atom stereocenters. The number of benzene rings is 1.